The monoisotopic (exact) mass is 425 g/mol. The number of carbonyl (C=O) groups excluding carboxylic acids is 1. The molecule has 5 nitrogen and oxygen atoms in total. The summed E-state index contributed by atoms with van der Waals surface area (Å²) in [6, 6.07) is 16.8. The highest BCUT2D eigenvalue weighted by atomic mass is 79.9. The minimum atomic E-state index is -0.422. The Bertz CT molecular complexity index is 1170. The highest BCUT2D eigenvalue weighted by molar-refractivity contribution is 9.10. The van der Waals surface area contributed by atoms with Crippen LogP contribution in [0.4, 0.5) is 5.13 Å². The second-order valence-electron chi connectivity index (χ2n) is 5.53. The number of nitrogens with one attached hydrogen (secondary N) is 2. The molecule has 7 heteroatoms. The summed E-state index contributed by atoms with van der Waals surface area (Å²) < 4.78 is 6.32. The second kappa shape index (κ2) is 6.86. The van der Waals surface area contributed by atoms with E-state index in [2.05, 4.69) is 26.2 Å². The fourth-order valence-corrected chi connectivity index (χ4v) is 3.61. The normalized spacial score (nSPS) is 10.8. The van der Waals surface area contributed by atoms with E-state index in [1.165, 1.54) is 11.3 Å². The van der Waals surface area contributed by atoms with Gasteiger partial charge in [-0.05, 0) is 24.3 Å². The van der Waals surface area contributed by atoms with Crippen LogP contribution in [0.15, 0.2) is 68.9 Å². The standard InChI is InChI=1S/C19H12BrN3O2S/c20-13-6-7-16-12(8-13)9-14(17(21)25-16)18(24)23-19-22-15(10-26-19)11-4-2-1-3-5-11/h1-10,21H,(H,22,23,24). The van der Waals surface area contributed by atoms with E-state index in [0.29, 0.717) is 10.7 Å². The van der Waals surface area contributed by atoms with Gasteiger partial charge in [0.15, 0.2) is 5.13 Å². The first-order valence-corrected chi connectivity index (χ1v) is 9.38. The molecule has 0 aliphatic carbocycles. The Morgan fingerprint density at radius 3 is 2.77 bits per heavy atom. The number of fused-ring (bicyclic) bond motifs is 1. The number of halogens is 1. The zero-order valence-corrected chi connectivity index (χ0v) is 15.7. The molecule has 4 aromatic rings. The van der Waals surface area contributed by atoms with Crippen molar-refractivity contribution in [2.24, 2.45) is 0 Å². The average Bonchev–Trinajstić information content (AvgIpc) is 3.10. The molecule has 2 heterocycles. The maximum absolute atomic E-state index is 12.6. The molecule has 0 unspecified atom stereocenters. The molecule has 1 amide bonds. The molecule has 0 atom stereocenters. The molecule has 2 aromatic carbocycles. The molecule has 4 rings (SSSR count). The predicted octanol–water partition coefficient (Wildman–Crippen LogP) is 5.05. The lowest BCUT2D eigenvalue weighted by Crippen LogP contribution is -2.20. The highest BCUT2D eigenvalue weighted by Gasteiger charge is 2.14. The highest BCUT2D eigenvalue weighted by Crippen LogP contribution is 2.25. The topological polar surface area (TPSA) is 79.0 Å². The van der Waals surface area contributed by atoms with Crippen molar-refractivity contribution >= 4 is 49.3 Å². The van der Waals surface area contributed by atoms with Crippen molar-refractivity contribution in [1.82, 2.24) is 4.98 Å². The summed E-state index contributed by atoms with van der Waals surface area (Å²) in [5, 5.41) is 13.8. The Balaban J connectivity index is 1.63. The Labute approximate surface area is 161 Å². The maximum Gasteiger partial charge on any atom is 0.262 e. The molecule has 0 radical (unpaired) electrons. The number of thiazole rings is 1. The van der Waals surface area contributed by atoms with Gasteiger partial charge in [0.05, 0.1) is 5.69 Å². The molecule has 0 bridgehead atoms. The lowest BCUT2D eigenvalue weighted by atomic mass is 10.2. The summed E-state index contributed by atoms with van der Waals surface area (Å²) in [4.78, 5) is 17.0. The molecule has 2 N–H and O–H groups in total. The minimum absolute atomic E-state index is 0.159. The minimum Gasteiger partial charge on any atom is -0.438 e. The van der Waals surface area contributed by atoms with E-state index in [9.17, 15) is 4.79 Å². The van der Waals surface area contributed by atoms with Crippen LogP contribution in [0, 0.1) is 5.41 Å². The fourth-order valence-electron chi connectivity index (χ4n) is 2.52. The first kappa shape index (κ1) is 16.7. The van der Waals surface area contributed by atoms with Gasteiger partial charge in [0, 0.05) is 20.8 Å². The van der Waals surface area contributed by atoms with Crippen LogP contribution >= 0.6 is 27.3 Å². The lowest BCUT2D eigenvalue weighted by molar-refractivity contribution is 0.102. The van der Waals surface area contributed by atoms with Crippen LogP contribution in [0.25, 0.3) is 22.2 Å². The van der Waals surface area contributed by atoms with Gasteiger partial charge in [0.25, 0.3) is 5.91 Å². The van der Waals surface area contributed by atoms with Crippen LogP contribution in [0.3, 0.4) is 0 Å². The van der Waals surface area contributed by atoms with Crippen molar-refractivity contribution in [2.45, 2.75) is 0 Å². The van der Waals surface area contributed by atoms with Crippen LogP contribution < -0.4 is 10.9 Å². The molecule has 0 fully saturated rings. The summed E-state index contributed by atoms with van der Waals surface area (Å²) in [6.07, 6.45) is 0. The smallest absolute Gasteiger partial charge is 0.262 e. The number of carbonyl (C=O) groups is 1. The van der Waals surface area contributed by atoms with Gasteiger partial charge < -0.3 is 4.42 Å². The van der Waals surface area contributed by atoms with E-state index in [-0.39, 0.29) is 11.1 Å². The Hall–Kier alpha value is -2.77. The molecule has 128 valence electrons. The fraction of sp³-hybridized carbons (Fsp3) is 0. The van der Waals surface area contributed by atoms with E-state index in [1.54, 1.807) is 12.1 Å². The van der Waals surface area contributed by atoms with E-state index < -0.39 is 5.91 Å². The van der Waals surface area contributed by atoms with Gasteiger partial charge in [-0.25, -0.2) is 4.98 Å². The van der Waals surface area contributed by atoms with Gasteiger partial charge in [0.1, 0.15) is 11.1 Å². The Morgan fingerprint density at radius 2 is 1.96 bits per heavy atom. The lowest BCUT2D eigenvalue weighted by Gasteiger charge is -2.04. The van der Waals surface area contributed by atoms with Gasteiger partial charge >= 0.3 is 0 Å². The summed E-state index contributed by atoms with van der Waals surface area (Å²) in [6.45, 7) is 0. The van der Waals surface area contributed by atoms with Gasteiger partial charge in [-0.1, -0.05) is 46.3 Å². The molecule has 0 aliphatic rings. The molecule has 0 aliphatic heterocycles. The summed E-state index contributed by atoms with van der Waals surface area (Å²) >= 11 is 4.73. The summed E-state index contributed by atoms with van der Waals surface area (Å²) in [5.74, 6) is -0.422. The zero-order valence-electron chi connectivity index (χ0n) is 13.3. The van der Waals surface area contributed by atoms with Gasteiger partial charge in [0.2, 0.25) is 5.55 Å². The van der Waals surface area contributed by atoms with Crippen molar-refractivity contribution in [1.29, 1.82) is 5.41 Å². The molecule has 0 spiro atoms. The van der Waals surface area contributed by atoms with Gasteiger partial charge in [-0.3, -0.25) is 15.5 Å². The van der Waals surface area contributed by atoms with E-state index in [1.807, 2.05) is 47.8 Å². The number of aromatic nitrogens is 1. The van der Waals surface area contributed by atoms with Crippen molar-refractivity contribution in [3.05, 3.63) is 75.6 Å². The number of hydrogen-bond donors (Lipinski definition) is 2. The van der Waals surface area contributed by atoms with Crippen LogP contribution in [0.1, 0.15) is 10.4 Å². The van der Waals surface area contributed by atoms with Crippen molar-refractivity contribution in [2.75, 3.05) is 5.32 Å². The van der Waals surface area contributed by atoms with E-state index >= 15 is 0 Å². The molecular formula is C19H12BrN3O2S. The quantitative estimate of drug-likeness (QED) is 0.481. The van der Waals surface area contributed by atoms with Crippen LogP contribution in [-0.4, -0.2) is 10.9 Å². The number of amides is 1. The third-order valence-corrected chi connectivity index (χ3v) is 5.02. The molecule has 2 aromatic heterocycles. The Kier molecular flexibility index (Phi) is 4.40. The largest absolute Gasteiger partial charge is 0.438 e. The third-order valence-electron chi connectivity index (χ3n) is 3.77. The van der Waals surface area contributed by atoms with Crippen LogP contribution in [-0.2, 0) is 0 Å². The van der Waals surface area contributed by atoms with Crippen LogP contribution in [0.5, 0.6) is 0 Å². The van der Waals surface area contributed by atoms with Crippen molar-refractivity contribution < 1.29 is 9.21 Å². The number of benzene rings is 2. The second-order valence-corrected chi connectivity index (χ2v) is 7.30. The number of anilines is 1. The maximum atomic E-state index is 12.6. The van der Waals surface area contributed by atoms with E-state index in [0.717, 1.165) is 21.1 Å². The van der Waals surface area contributed by atoms with Crippen molar-refractivity contribution in [3.63, 3.8) is 0 Å². The molecule has 0 saturated carbocycles. The van der Waals surface area contributed by atoms with Crippen molar-refractivity contribution in [3.8, 4) is 11.3 Å². The molecule has 26 heavy (non-hydrogen) atoms. The van der Waals surface area contributed by atoms with Crippen LogP contribution in [0.2, 0.25) is 0 Å². The number of nitrogens with zero attached hydrogens (tertiary/aromatic N) is 1. The zero-order chi connectivity index (χ0) is 18.1. The molecular weight excluding hydrogens is 414 g/mol. The first-order chi connectivity index (χ1) is 12.6. The average molecular weight is 426 g/mol. The van der Waals surface area contributed by atoms with E-state index in [4.69, 9.17) is 9.83 Å². The van der Waals surface area contributed by atoms with Gasteiger partial charge in [-0.15, -0.1) is 11.3 Å². The summed E-state index contributed by atoms with van der Waals surface area (Å²) in [7, 11) is 0. The SMILES string of the molecule is N=c1oc2ccc(Br)cc2cc1C(=O)Nc1nc(-c2ccccc2)cs1. The van der Waals surface area contributed by atoms with Gasteiger partial charge in [-0.2, -0.15) is 0 Å². The first-order valence-electron chi connectivity index (χ1n) is 7.70. The number of rotatable bonds is 3. The Morgan fingerprint density at radius 1 is 1.15 bits per heavy atom. The number of hydrogen-bond acceptors (Lipinski definition) is 5. The molecule has 0 saturated heterocycles. The third kappa shape index (κ3) is 3.31. The summed E-state index contributed by atoms with van der Waals surface area (Å²) in [5.41, 5.74) is 2.31. The predicted molar refractivity (Wildman–Crippen MR) is 105 cm³/mol.